The molecule has 3 nitrogen and oxygen atoms in total. The standard InChI is InChI=1S/C12H13Cl2NO2/c13-8-4-3-5-9(14)11(8)15-12(16)10-6-1-2-7-17-10/h3-5,10H,1-2,6-7H2,(H,15,16). The number of ether oxygens (including phenoxy) is 1. The Bertz CT molecular complexity index is 397. The Kier molecular flexibility index (Phi) is 4.26. The summed E-state index contributed by atoms with van der Waals surface area (Å²) in [6, 6.07) is 5.10. The third kappa shape index (κ3) is 3.12. The predicted molar refractivity (Wildman–Crippen MR) is 68.7 cm³/mol. The maximum Gasteiger partial charge on any atom is 0.253 e. The molecular weight excluding hydrogens is 261 g/mol. The fourth-order valence-corrected chi connectivity index (χ4v) is 2.26. The largest absolute Gasteiger partial charge is 0.368 e. The highest BCUT2D eigenvalue weighted by atomic mass is 35.5. The van der Waals surface area contributed by atoms with Gasteiger partial charge < -0.3 is 10.1 Å². The molecule has 0 radical (unpaired) electrons. The topological polar surface area (TPSA) is 38.3 Å². The molecule has 0 spiro atoms. The van der Waals surface area contributed by atoms with E-state index in [0.29, 0.717) is 22.3 Å². The molecule has 0 saturated carbocycles. The Morgan fingerprint density at radius 3 is 2.59 bits per heavy atom. The number of halogens is 2. The monoisotopic (exact) mass is 273 g/mol. The molecular formula is C12H13Cl2NO2. The third-order valence-corrected chi connectivity index (χ3v) is 3.31. The third-order valence-electron chi connectivity index (χ3n) is 2.68. The first-order valence-corrected chi connectivity index (χ1v) is 6.30. The van der Waals surface area contributed by atoms with Crippen LogP contribution in [0.25, 0.3) is 0 Å². The van der Waals surface area contributed by atoms with Crippen LogP contribution in [0.15, 0.2) is 18.2 Å². The number of rotatable bonds is 2. The molecule has 1 aliphatic rings. The summed E-state index contributed by atoms with van der Waals surface area (Å²) in [7, 11) is 0. The van der Waals surface area contributed by atoms with Gasteiger partial charge in [-0.3, -0.25) is 4.79 Å². The van der Waals surface area contributed by atoms with E-state index in [0.717, 1.165) is 19.3 Å². The molecule has 1 aromatic carbocycles. The van der Waals surface area contributed by atoms with Crippen LogP contribution in [0, 0.1) is 0 Å². The van der Waals surface area contributed by atoms with Gasteiger partial charge in [-0.2, -0.15) is 0 Å². The maximum atomic E-state index is 11.9. The van der Waals surface area contributed by atoms with Gasteiger partial charge in [0, 0.05) is 6.61 Å². The molecule has 0 aromatic heterocycles. The maximum absolute atomic E-state index is 11.9. The molecule has 1 aliphatic heterocycles. The minimum Gasteiger partial charge on any atom is -0.368 e. The summed E-state index contributed by atoms with van der Waals surface area (Å²) >= 11 is 11.9. The normalized spacial score (nSPS) is 20.0. The van der Waals surface area contributed by atoms with Gasteiger partial charge in [-0.05, 0) is 31.4 Å². The summed E-state index contributed by atoms with van der Waals surface area (Å²) in [6.07, 6.45) is 2.37. The lowest BCUT2D eigenvalue weighted by Gasteiger charge is -2.22. The van der Waals surface area contributed by atoms with Crippen LogP contribution in [0.1, 0.15) is 19.3 Å². The SMILES string of the molecule is O=C(Nc1c(Cl)cccc1Cl)C1CCCCO1. The van der Waals surface area contributed by atoms with Crippen LogP contribution in [-0.4, -0.2) is 18.6 Å². The number of anilines is 1. The van der Waals surface area contributed by atoms with E-state index in [2.05, 4.69) is 5.32 Å². The van der Waals surface area contributed by atoms with E-state index in [9.17, 15) is 4.79 Å². The predicted octanol–water partition coefficient (Wildman–Crippen LogP) is 3.50. The average Bonchev–Trinajstić information content (AvgIpc) is 2.35. The van der Waals surface area contributed by atoms with E-state index in [1.807, 2.05) is 0 Å². The summed E-state index contributed by atoms with van der Waals surface area (Å²) in [6.45, 7) is 0.633. The van der Waals surface area contributed by atoms with Crippen molar-refractivity contribution in [1.29, 1.82) is 0 Å². The zero-order chi connectivity index (χ0) is 12.3. The molecule has 0 bridgehead atoms. The molecule has 5 heteroatoms. The van der Waals surface area contributed by atoms with Gasteiger partial charge >= 0.3 is 0 Å². The number of benzene rings is 1. The van der Waals surface area contributed by atoms with Crippen LogP contribution in [0.2, 0.25) is 10.0 Å². The lowest BCUT2D eigenvalue weighted by Crippen LogP contribution is -2.33. The molecule has 92 valence electrons. The minimum absolute atomic E-state index is 0.181. The number of carbonyl (C=O) groups is 1. The van der Waals surface area contributed by atoms with E-state index in [1.165, 1.54) is 0 Å². The molecule has 0 aliphatic carbocycles. The molecule has 1 heterocycles. The van der Waals surface area contributed by atoms with Gasteiger partial charge in [0.2, 0.25) is 0 Å². The molecule has 17 heavy (non-hydrogen) atoms. The average molecular weight is 274 g/mol. The van der Waals surface area contributed by atoms with Crippen molar-refractivity contribution >= 4 is 34.8 Å². The Hall–Kier alpha value is -0.770. The highest BCUT2D eigenvalue weighted by Gasteiger charge is 2.23. The van der Waals surface area contributed by atoms with E-state index >= 15 is 0 Å². The number of para-hydroxylation sites is 1. The zero-order valence-corrected chi connectivity index (χ0v) is 10.7. The summed E-state index contributed by atoms with van der Waals surface area (Å²) in [4.78, 5) is 11.9. The molecule has 1 atom stereocenters. The van der Waals surface area contributed by atoms with Crippen molar-refractivity contribution in [2.24, 2.45) is 0 Å². The second kappa shape index (κ2) is 5.71. The highest BCUT2D eigenvalue weighted by molar-refractivity contribution is 6.39. The second-order valence-corrected chi connectivity index (χ2v) is 4.76. The van der Waals surface area contributed by atoms with Crippen LogP contribution in [0.4, 0.5) is 5.69 Å². The lowest BCUT2D eigenvalue weighted by molar-refractivity contribution is -0.129. The molecule has 1 amide bonds. The van der Waals surface area contributed by atoms with Crippen molar-refractivity contribution in [1.82, 2.24) is 0 Å². The lowest BCUT2D eigenvalue weighted by atomic mass is 10.1. The van der Waals surface area contributed by atoms with Crippen LogP contribution < -0.4 is 5.32 Å². The summed E-state index contributed by atoms with van der Waals surface area (Å²) in [5.74, 6) is -0.181. The van der Waals surface area contributed by atoms with Crippen molar-refractivity contribution < 1.29 is 9.53 Å². The number of nitrogens with one attached hydrogen (secondary N) is 1. The fraction of sp³-hybridized carbons (Fsp3) is 0.417. The number of hydrogen-bond donors (Lipinski definition) is 1. The van der Waals surface area contributed by atoms with Crippen LogP contribution in [-0.2, 0) is 9.53 Å². The van der Waals surface area contributed by atoms with Gasteiger partial charge in [0.1, 0.15) is 6.10 Å². The zero-order valence-electron chi connectivity index (χ0n) is 9.21. The number of hydrogen-bond acceptors (Lipinski definition) is 2. The summed E-state index contributed by atoms with van der Waals surface area (Å²) < 4.78 is 5.39. The molecule has 2 rings (SSSR count). The van der Waals surface area contributed by atoms with Gasteiger partial charge in [-0.1, -0.05) is 29.3 Å². The first-order valence-electron chi connectivity index (χ1n) is 5.55. The first kappa shape index (κ1) is 12.7. The Morgan fingerprint density at radius 2 is 2.00 bits per heavy atom. The van der Waals surface area contributed by atoms with Gasteiger partial charge in [0.05, 0.1) is 15.7 Å². The minimum atomic E-state index is -0.393. The van der Waals surface area contributed by atoms with Crippen LogP contribution >= 0.6 is 23.2 Å². The quantitative estimate of drug-likeness (QED) is 0.896. The molecule has 1 saturated heterocycles. The Labute approximate surface area is 110 Å². The van der Waals surface area contributed by atoms with E-state index in [-0.39, 0.29) is 5.91 Å². The van der Waals surface area contributed by atoms with Crippen molar-refractivity contribution in [2.75, 3.05) is 11.9 Å². The van der Waals surface area contributed by atoms with Crippen molar-refractivity contribution in [3.05, 3.63) is 28.2 Å². The second-order valence-electron chi connectivity index (χ2n) is 3.94. The van der Waals surface area contributed by atoms with Gasteiger partial charge in [0.15, 0.2) is 0 Å². The Morgan fingerprint density at radius 1 is 1.29 bits per heavy atom. The number of amides is 1. The summed E-state index contributed by atoms with van der Waals surface area (Å²) in [5.41, 5.74) is 0.454. The van der Waals surface area contributed by atoms with Gasteiger partial charge in [-0.15, -0.1) is 0 Å². The van der Waals surface area contributed by atoms with E-state index < -0.39 is 6.10 Å². The Balaban J connectivity index is 2.07. The van der Waals surface area contributed by atoms with Crippen LogP contribution in [0.5, 0.6) is 0 Å². The molecule has 1 fully saturated rings. The van der Waals surface area contributed by atoms with Crippen LogP contribution in [0.3, 0.4) is 0 Å². The smallest absolute Gasteiger partial charge is 0.253 e. The van der Waals surface area contributed by atoms with Crippen molar-refractivity contribution in [3.8, 4) is 0 Å². The molecule has 1 aromatic rings. The first-order chi connectivity index (χ1) is 8.18. The molecule has 1 N–H and O–H groups in total. The van der Waals surface area contributed by atoms with Crippen molar-refractivity contribution in [2.45, 2.75) is 25.4 Å². The highest BCUT2D eigenvalue weighted by Crippen LogP contribution is 2.30. The van der Waals surface area contributed by atoms with Gasteiger partial charge in [0.25, 0.3) is 5.91 Å². The summed E-state index contributed by atoms with van der Waals surface area (Å²) in [5, 5.41) is 3.58. The number of carbonyl (C=O) groups excluding carboxylic acids is 1. The molecule has 1 unspecified atom stereocenters. The fourth-order valence-electron chi connectivity index (χ4n) is 1.77. The van der Waals surface area contributed by atoms with E-state index in [4.69, 9.17) is 27.9 Å². The van der Waals surface area contributed by atoms with Crippen molar-refractivity contribution in [3.63, 3.8) is 0 Å². The van der Waals surface area contributed by atoms with E-state index in [1.54, 1.807) is 18.2 Å². The van der Waals surface area contributed by atoms with Gasteiger partial charge in [-0.25, -0.2) is 0 Å².